The summed E-state index contributed by atoms with van der Waals surface area (Å²) in [4.78, 5) is 24.0. The van der Waals surface area contributed by atoms with Gasteiger partial charge in [-0.05, 0) is 25.0 Å². The van der Waals surface area contributed by atoms with E-state index < -0.39 is 0 Å². The van der Waals surface area contributed by atoms with E-state index in [-0.39, 0.29) is 17.9 Å². The number of nitrogens with zero attached hydrogens (tertiary/aromatic N) is 4. The molecule has 7 nitrogen and oxygen atoms in total. The summed E-state index contributed by atoms with van der Waals surface area (Å²) in [5, 5.41) is 16.9. The molecule has 3 aromatic rings. The fraction of sp³-hybridized carbons (Fsp3) is 0.267. The van der Waals surface area contributed by atoms with E-state index in [9.17, 15) is 9.59 Å². The minimum Gasteiger partial charge on any atom is -0.299 e. The van der Waals surface area contributed by atoms with Crippen molar-refractivity contribution in [2.75, 3.05) is 5.32 Å². The summed E-state index contributed by atoms with van der Waals surface area (Å²) < 4.78 is 1.51. The van der Waals surface area contributed by atoms with Crippen molar-refractivity contribution in [1.82, 2.24) is 20.0 Å². The average molecular weight is 327 g/mol. The average Bonchev–Trinajstić information content (AvgIpc) is 3.31. The lowest BCUT2D eigenvalue weighted by Gasteiger charge is -2.08. The minimum absolute atomic E-state index is 0.0130. The van der Waals surface area contributed by atoms with E-state index in [0.717, 1.165) is 17.8 Å². The van der Waals surface area contributed by atoms with Gasteiger partial charge in [0.25, 0.3) is 0 Å². The lowest BCUT2D eigenvalue weighted by atomic mass is 10.2. The van der Waals surface area contributed by atoms with Crippen LogP contribution in [0.1, 0.15) is 23.8 Å². The van der Waals surface area contributed by atoms with Crippen molar-refractivity contribution >= 4 is 33.3 Å². The molecular formula is C15H13N5O2S. The third-order valence-electron chi connectivity index (χ3n) is 3.67. The molecule has 1 aromatic carbocycles. The number of hydrogen-bond acceptors (Lipinski definition) is 6. The molecule has 2 heterocycles. The van der Waals surface area contributed by atoms with E-state index in [1.165, 1.54) is 22.2 Å². The predicted octanol–water partition coefficient (Wildman–Crippen LogP) is 1.76. The Morgan fingerprint density at radius 1 is 1.30 bits per heavy atom. The highest BCUT2D eigenvalue weighted by Gasteiger charge is 2.27. The van der Waals surface area contributed by atoms with Crippen LogP contribution in [0, 0.1) is 0 Å². The van der Waals surface area contributed by atoms with Gasteiger partial charge in [0.15, 0.2) is 0 Å². The second kappa shape index (κ2) is 5.54. The topological polar surface area (TPSA) is 89.8 Å². The van der Waals surface area contributed by atoms with Crippen molar-refractivity contribution in [2.45, 2.75) is 25.3 Å². The van der Waals surface area contributed by atoms with Crippen molar-refractivity contribution in [1.29, 1.82) is 0 Å². The quantitative estimate of drug-likeness (QED) is 0.788. The number of fused-ring (bicyclic) bond motifs is 1. The van der Waals surface area contributed by atoms with E-state index in [2.05, 4.69) is 20.6 Å². The third kappa shape index (κ3) is 2.85. The van der Waals surface area contributed by atoms with Gasteiger partial charge in [-0.15, -0.1) is 10.2 Å². The van der Waals surface area contributed by atoms with Crippen LogP contribution in [0.3, 0.4) is 0 Å². The van der Waals surface area contributed by atoms with Crippen LogP contribution in [-0.2, 0) is 11.3 Å². The molecule has 1 fully saturated rings. The summed E-state index contributed by atoms with van der Waals surface area (Å²) in [6.45, 7) is 0.0130. The number of benzene rings is 1. The first-order chi connectivity index (χ1) is 11.2. The van der Waals surface area contributed by atoms with Gasteiger partial charge in [-0.1, -0.05) is 23.5 Å². The first kappa shape index (κ1) is 14.0. The first-order valence-corrected chi connectivity index (χ1v) is 8.10. The maximum atomic E-state index is 12.2. The first-order valence-electron chi connectivity index (χ1n) is 7.29. The Balaban J connectivity index is 1.54. The summed E-state index contributed by atoms with van der Waals surface area (Å²) in [6, 6.07) is 7.09. The zero-order valence-electron chi connectivity index (χ0n) is 12.1. The summed E-state index contributed by atoms with van der Waals surface area (Å²) in [7, 11) is 0. The zero-order valence-corrected chi connectivity index (χ0v) is 12.9. The van der Waals surface area contributed by atoms with E-state index in [1.54, 1.807) is 18.2 Å². The number of carbonyl (C=O) groups excluding carboxylic acids is 1. The highest BCUT2D eigenvalue weighted by atomic mass is 32.1. The number of amides is 1. The van der Waals surface area contributed by atoms with Gasteiger partial charge >= 0.3 is 0 Å². The van der Waals surface area contributed by atoms with Crippen LogP contribution in [0.2, 0.25) is 0 Å². The smallest absolute Gasteiger partial charge is 0.247 e. The van der Waals surface area contributed by atoms with Crippen LogP contribution < -0.4 is 10.7 Å². The Bertz CT molecular complexity index is 944. The van der Waals surface area contributed by atoms with E-state index in [0.29, 0.717) is 22.0 Å². The minimum atomic E-state index is -0.246. The van der Waals surface area contributed by atoms with Gasteiger partial charge in [0.2, 0.25) is 16.5 Å². The van der Waals surface area contributed by atoms with Crippen LogP contribution in [0.5, 0.6) is 0 Å². The lowest BCUT2D eigenvalue weighted by Crippen LogP contribution is -2.22. The van der Waals surface area contributed by atoms with Gasteiger partial charge in [-0.3, -0.25) is 19.6 Å². The lowest BCUT2D eigenvalue weighted by molar-refractivity contribution is -0.116. The Hall–Kier alpha value is -2.61. The Morgan fingerprint density at radius 2 is 2.13 bits per heavy atom. The molecule has 1 N–H and O–H groups in total. The van der Waals surface area contributed by atoms with E-state index >= 15 is 0 Å². The monoisotopic (exact) mass is 327 g/mol. The molecule has 0 saturated heterocycles. The molecule has 1 amide bonds. The van der Waals surface area contributed by atoms with Crippen LogP contribution >= 0.6 is 11.3 Å². The van der Waals surface area contributed by atoms with Crippen molar-refractivity contribution in [3.05, 3.63) is 45.7 Å². The van der Waals surface area contributed by atoms with Crippen LogP contribution in [0.4, 0.5) is 5.13 Å². The second-order valence-electron chi connectivity index (χ2n) is 5.45. The van der Waals surface area contributed by atoms with Crippen LogP contribution in [0.15, 0.2) is 35.3 Å². The molecule has 2 aromatic heterocycles. The number of carbonyl (C=O) groups is 1. The molecular weight excluding hydrogens is 314 g/mol. The summed E-state index contributed by atoms with van der Waals surface area (Å²) in [5.41, 5.74) is 0.474. The standard InChI is InChI=1S/C15H13N5O2S/c21-12-7-16-20(11-4-2-1-3-10(11)12)8-13(22)17-15-19-18-14(23-15)9-5-6-9/h1-4,7,9H,5-6,8H2,(H,17,19,22). The molecule has 0 aliphatic heterocycles. The number of para-hydroxylation sites is 1. The Kier molecular flexibility index (Phi) is 3.38. The Morgan fingerprint density at radius 3 is 2.96 bits per heavy atom. The summed E-state index contributed by atoms with van der Waals surface area (Å²) in [5.74, 6) is 0.271. The molecule has 8 heteroatoms. The van der Waals surface area contributed by atoms with Gasteiger partial charge in [0.05, 0.1) is 11.7 Å². The molecule has 4 rings (SSSR count). The zero-order chi connectivity index (χ0) is 15.8. The Labute approximate surface area is 135 Å². The molecule has 0 radical (unpaired) electrons. The molecule has 116 valence electrons. The van der Waals surface area contributed by atoms with Crippen molar-refractivity contribution in [3.63, 3.8) is 0 Å². The second-order valence-corrected chi connectivity index (χ2v) is 6.46. The number of aromatic nitrogens is 4. The maximum Gasteiger partial charge on any atom is 0.247 e. The fourth-order valence-electron chi connectivity index (χ4n) is 2.36. The number of anilines is 1. The van der Waals surface area contributed by atoms with Crippen LogP contribution in [-0.4, -0.2) is 25.9 Å². The fourth-order valence-corrected chi connectivity index (χ4v) is 3.29. The van der Waals surface area contributed by atoms with Gasteiger partial charge in [-0.25, -0.2) is 0 Å². The van der Waals surface area contributed by atoms with Gasteiger partial charge in [0.1, 0.15) is 11.6 Å². The normalized spacial score (nSPS) is 14.1. The predicted molar refractivity (Wildman–Crippen MR) is 86.5 cm³/mol. The van der Waals surface area contributed by atoms with E-state index in [4.69, 9.17) is 0 Å². The largest absolute Gasteiger partial charge is 0.299 e. The van der Waals surface area contributed by atoms with E-state index in [1.807, 2.05) is 6.07 Å². The highest BCUT2D eigenvalue weighted by molar-refractivity contribution is 7.15. The molecule has 1 aliphatic rings. The van der Waals surface area contributed by atoms with Crippen LogP contribution in [0.25, 0.3) is 10.9 Å². The summed E-state index contributed by atoms with van der Waals surface area (Å²) >= 11 is 1.41. The maximum absolute atomic E-state index is 12.2. The molecule has 23 heavy (non-hydrogen) atoms. The van der Waals surface area contributed by atoms with Gasteiger partial charge in [-0.2, -0.15) is 5.10 Å². The van der Waals surface area contributed by atoms with Crippen molar-refractivity contribution < 1.29 is 4.79 Å². The number of nitrogens with one attached hydrogen (secondary N) is 1. The van der Waals surface area contributed by atoms with Gasteiger partial charge < -0.3 is 0 Å². The highest BCUT2D eigenvalue weighted by Crippen LogP contribution is 2.41. The van der Waals surface area contributed by atoms with Crippen molar-refractivity contribution in [2.24, 2.45) is 0 Å². The molecule has 0 spiro atoms. The molecule has 0 unspecified atom stereocenters. The summed E-state index contributed by atoms with van der Waals surface area (Å²) in [6.07, 6.45) is 3.53. The SMILES string of the molecule is O=C(Cn1ncc(=O)c2ccccc21)Nc1nnc(C2CC2)s1. The number of rotatable bonds is 4. The number of hydrogen-bond donors (Lipinski definition) is 1. The molecule has 1 saturated carbocycles. The van der Waals surface area contributed by atoms with Crippen molar-refractivity contribution in [3.8, 4) is 0 Å². The molecule has 1 aliphatic carbocycles. The van der Waals surface area contributed by atoms with Gasteiger partial charge in [0, 0.05) is 11.3 Å². The molecule has 0 bridgehead atoms. The molecule has 0 atom stereocenters. The third-order valence-corrected chi connectivity index (χ3v) is 4.67.